The lowest BCUT2D eigenvalue weighted by atomic mass is 10.0. The van der Waals surface area contributed by atoms with Crippen molar-refractivity contribution in [1.82, 2.24) is 50.3 Å². The van der Waals surface area contributed by atoms with Gasteiger partial charge in [-0.3, -0.25) is 14.4 Å². The highest BCUT2D eigenvalue weighted by molar-refractivity contribution is 6.10. The lowest BCUT2D eigenvalue weighted by Crippen LogP contribution is -2.51. The van der Waals surface area contributed by atoms with Crippen molar-refractivity contribution < 1.29 is 33.4 Å². The number of carbonyl (C=O) groups excluding carboxylic acids is 5. The number of methoxy groups -OCH3 is 2. The fraction of sp³-hybridized carbons (Fsp3) is 0.475. The second-order valence-electron chi connectivity index (χ2n) is 15.6. The normalized spacial score (nSPS) is 18.1. The van der Waals surface area contributed by atoms with E-state index in [1.54, 1.807) is 16.0 Å². The Balaban J connectivity index is 1.02. The van der Waals surface area contributed by atoms with Crippen molar-refractivity contribution in [2.24, 2.45) is 11.8 Å². The lowest BCUT2D eigenvalue weighted by Gasteiger charge is -2.30. The average Bonchev–Trinajstić information content (AvgIpc) is 4.04. The van der Waals surface area contributed by atoms with Gasteiger partial charge in [0, 0.05) is 58.9 Å². The van der Waals surface area contributed by atoms with E-state index in [1.165, 1.54) is 20.4 Å². The molecule has 2 aliphatic heterocycles. The number of aromatic amines is 4. The van der Waals surface area contributed by atoms with Crippen LogP contribution in [-0.4, -0.2) is 109 Å². The maximum Gasteiger partial charge on any atom is 0.407 e. The van der Waals surface area contributed by atoms with E-state index in [9.17, 15) is 24.0 Å². The van der Waals surface area contributed by atoms with Crippen LogP contribution in [0.3, 0.4) is 0 Å². The van der Waals surface area contributed by atoms with E-state index < -0.39 is 24.3 Å². The predicted molar refractivity (Wildman–Crippen MR) is 209 cm³/mol. The molecule has 4 unspecified atom stereocenters. The van der Waals surface area contributed by atoms with Gasteiger partial charge in [-0.25, -0.2) is 19.6 Å². The zero-order valence-electron chi connectivity index (χ0n) is 33.0. The van der Waals surface area contributed by atoms with E-state index in [1.807, 2.05) is 45.9 Å². The smallest absolute Gasteiger partial charge is 0.407 e. The zero-order chi connectivity index (χ0) is 40.5. The van der Waals surface area contributed by atoms with E-state index in [4.69, 9.17) is 9.47 Å². The van der Waals surface area contributed by atoms with E-state index >= 15 is 0 Å². The standard InChI is InChI=1S/C40H50N10O7/c1-20(2)32(47-39(54)56-5)37(52)49-11-7-9-30(49)35-41-18-25(44-35)16-24-14-22-13-23-15-28(45-27(23)17-26(22)43-24)34(51)29-19-42-36(46-29)31-10-8-12-50(31)38(53)33(21(3)4)48-40(55)57-6/h13-15,17-21,30-33,43,45H,7-12,16H2,1-6H3,(H,41,44)(H,42,46)(H,47,54)(H,48,55). The highest BCUT2D eigenvalue weighted by Crippen LogP contribution is 2.34. The fourth-order valence-corrected chi connectivity index (χ4v) is 8.03. The number of alkyl carbamates (subject to hydrolysis) is 2. The Kier molecular flexibility index (Phi) is 11.1. The van der Waals surface area contributed by atoms with Crippen molar-refractivity contribution in [1.29, 1.82) is 0 Å². The van der Waals surface area contributed by atoms with Crippen LogP contribution in [0.4, 0.5) is 9.59 Å². The minimum absolute atomic E-state index is 0.118. The molecule has 2 fully saturated rings. The van der Waals surface area contributed by atoms with Crippen molar-refractivity contribution >= 4 is 51.6 Å². The summed E-state index contributed by atoms with van der Waals surface area (Å²) in [6, 6.07) is 5.87. The van der Waals surface area contributed by atoms with Crippen molar-refractivity contribution in [3.63, 3.8) is 0 Å². The van der Waals surface area contributed by atoms with Gasteiger partial charge in [-0.15, -0.1) is 0 Å². The lowest BCUT2D eigenvalue weighted by molar-refractivity contribution is -0.136. The Labute approximate surface area is 329 Å². The summed E-state index contributed by atoms with van der Waals surface area (Å²) in [6.07, 6.45) is 5.60. The summed E-state index contributed by atoms with van der Waals surface area (Å²) in [4.78, 5) is 90.6. The number of fused-ring (bicyclic) bond motifs is 2. The van der Waals surface area contributed by atoms with Gasteiger partial charge < -0.3 is 49.8 Å². The largest absolute Gasteiger partial charge is 0.453 e. The van der Waals surface area contributed by atoms with Gasteiger partial charge in [-0.05, 0) is 61.8 Å². The molecular weight excluding hydrogens is 733 g/mol. The topological polar surface area (TPSA) is 223 Å². The van der Waals surface area contributed by atoms with Crippen LogP contribution >= 0.6 is 0 Å². The maximum atomic E-state index is 13.7. The number of nitrogens with one attached hydrogen (secondary N) is 6. The van der Waals surface area contributed by atoms with Crippen LogP contribution in [0.2, 0.25) is 0 Å². The molecule has 2 aliphatic rings. The Morgan fingerprint density at radius 2 is 1.23 bits per heavy atom. The number of aromatic nitrogens is 6. The molecule has 0 bridgehead atoms. The molecule has 4 atom stereocenters. The molecule has 0 saturated carbocycles. The molecule has 5 aromatic rings. The summed E-state index contributed by atoms with van der Waals surface area (Å²) >= 11 is 0. The summed E-state index contributed by atoms with van der Waals surface area (Å²) in [5, 5.41) is 7.19. The molecule has 2 saturated heterocycles. The van der Waals surface area contributed by atoms with E-state index in [0.717, 1.165) is 52.5 Å². The zero-order valence-corrected chi connectivity index (χ0v) is 33.0. The number of imidazole rings is 2. The maximum absolute atomic E-state index is 13.7. The number of amides is 4. The van der Waals surface area contributed by atoms with Crippen LogP contribution in [0.1, 0.15) is 105 Å². The first-order valence-corrected chi connectivity index (χ1v) is 19.4. The Morgan fingerprint density at radius 1 is 0.684 bits per heavy atom. The van der Waals surface area contributed by atoms with Crippen molar-refractivity contribution in [2.45, 2.75) is 84.0 Å². The summed E-state index contributed by atoms with van der Waals surface area (Å²) < 4.78 is 9.48. The number of likely N-dealkylation sites (tertiary alicyclic amines) is 2. The molecule has 57 heavy (non-hydrogen) atoms. The van der Waals surface area contributed by atoms with Crippen LogP contribution in [0, 0.1) is 11.8 Å². The minimum Gasteiger partial charge on any atom is -0.453 e. The van der Waals surface area contributed by atoms with Gasteiger partial charge >= 0.3 is 12.2 Å². The summed E-state index contributed by atoms with van der Waals surface area (Å²) in [7, 11) is 2.54. The molecule has 0 aliphatic carbocycles. The third-order valence-electron chi connectivity index (χ3n) is 11.0. The number of hydrogen-bond donors (Lipinski definition) is 6. The molecule has 17 heteroatoms. The Bertz CT molecular complexity index is 2250. The Morgan fingerprint density at radius 3 is 1.81 bits per heavy atom. The molecule has 1 aromatic carbocycles. The van der Waals surface area contributed by atoms with Gasteiger partial charge in [-0.2, -0.15) is 0 Å². The molecule has 7 rings (SSSR count). The minimum atomic E-state index is -0.754. The molecule has 6 N–H and O–H groups in total. The number of ether oxygens (including phenoxy) is 2. The summed E-state index contributed by atoms with van der Waals surface area (Å²) in [5.74, 6) is 0.326. The first-order valence-electron chi connectivity index (χ1n) is 19.4. The van der Waals surface area contributed by atoms with Crippen LogP contribution in [0.25, 0.3) is 21.8 Å². The number of H-pyrrole nitrogens is 4. The molecule has 6 heterocycles. The SMILES string of the molecule is COC(=O)NC(C(=O)N1CCCC1c1ncc(Cc2cc3cc4cc(C(=O)c5cnc(C6CCCN6C(=O)C(NC(=O)OC)C(C)C)[nH]5)[nH]c4cc3[nH]2)[nH]1)C(C)C. The monoisotopic (exact) mass is 782 g/mol. The van der Waals surface area contributed by atoms with Gasteiger partial charge in [0.2, 0.25) is 17.6 Å². The molecule has 0 radical (unpaired) electrons. The molecular formula is C40H50N10O7. The van der Waals surface area contributed by atoms with Gasteiger partial charge in [0.25, 0.3) is 0 Å². The quantitative estimate of drug-likeness (QED) is 0.0936. The number of benzene rings is 1. The first-order chi connectivity index (χ1) is 27.3. The third kappa shape index (κ3) is 7.95. The number of ketones is 1. The van der Waals surface area contributed by atoms with Gasteiger partial charge in [0.05, 0.1) is 38.2 Å². The van der Waals surface area contributed by atoms with E-state index in [0.29, 0.717) is 49.0 Å². The van der Waals surface area contributed by atoms with Crippen LogP contribution in [0.5, 0.6) is 0 Å². The molecule has 0 spiro atoms. The number of rotatable bonds is 12. The molecule has 17 nitrogen and oxygen atoms in total. The second-order valence-corrected chi connectivity index (χ2v) is 15.6. The van der Waals surface area contributed by atoms with Crippen LogP contribution < -0.4 is 10.6 Å². The van der Waals surface area contributed by atoms with Gasteiger partial charge in [-0.1, -0.05) is 27.7 Å². The number of carbonyl (C=O) groups is 5. The van der Waals surface area contributed by atoms with Crippen LogP contribution in [-0.2, 0) is 25.5 Å². The predicted octanol–water partition coefficient (Wildman–Crippen LogP) is 5.01. The highest BCUT2D eigenvalue weighted by atomic mass is 16.5. The summed E-state index contributed by atoms with van der Waals surface area (Å²) in [6.45, 7) is 8.59. The molecule has 302 valence electrons. The average molecular weight is 783 g/mol. The van der Waals surface area contributed by atoms with Crippen LogP contribution in [0.15, 0.2) is 36.7 Å². The highest BCUT2D eigenvalue weighted by Gasteiger charge is 2.39. The number of hydrogen-bond acceptors (Lipinski definition) is 9. The van der Waals surface area contributed by atoms with Crippen molar-refractivity contribution in [3.05, 3.63) is 71.1 Å². The van der Waals surface area contributed by atoms with Crippen molar-refractivity contribution in [2.75, 3.05) is 27.3 Å². The van der Waals surface area contributed by atoms with E-state index in [2.05, 4.69) is 46.6 Å². The number of nitrogens with zero attached hydrogens (tertiary/aromatic N) is 4. The first kappa shape index (κ1) is 39.1. The third-order valence-corrected chi connectivity index (χ3v) is 11.0. The fourth-order valence-electron chi connectivity index (χ4n) is 8.03. The summed E-state index contributed by atoms with van der Waals surface area (Å²) in [5.41, 5.74) is 4.26. The second kappa shape index (κ2) is 16.2. The molecule has 4 aromatic heterocycles. The molecule has 4 amide bonds. The van der Waals surface area contributed by atoms with Crippen molar-refractivity contribution in [3.8, 4) is 0 Å². The Hall–Kier alpha value is -6.13. The van der Waals surface area contributed by atoms with E-state index in [-0.39, 0.29) is 41.5 Å². The van der Waals surface area contributed by atoms with Gasteiger partial charge in [0.1, 0.15) is 29.4 Å². The van der Waals surface area contributed by atoms with Gasteiger partial charge in [0.15, 0.2) is 0 Å².